The molecule has 0 saturated heterocycles. The molecule has 65 heavy (non-hydrogen) atoms. The van der Waals surface area contributed by atoms with Crippen molar-refractivity contribution < 1.29 is 0 Å². The molecule has 10 aromatic rings. The molecule has 1 heteroatoms. The minimum absolute atomic E-state index is 0.166. The van der Waals surface area contributed by atoms with Gasteiger partial charge in [-0.3, -0.25) is 0 Å². The number of benzene rings is 10. The molecule has 0 fully saturated rings. The molecule has 0 aromatic heterocycles. The lowest BCUT2D eigenvalue weighted by Gasteiger charge is -2.35. The fraction of sp³-hybridized carbons (Fsp3) is 0.0625. The highest BCUT2D eigenvalue weighted by molar-refractivity contribution is 5.95. The predicted octanol–water partition coefficient (Wildman–Crippen LogP) is 16.8. The third kappa shape index (κ3) is 6.15. The Balaban J connectivity index is 1.13. The van der Waals surface area contributed by atoms with Gasteiger partial charge < -0.3 is 4.90 Å². The zero-order valence-corrected chi connectivity index (χ0v) is 36.6. The van der Waals surface area contributed by atoms with Gasteiger partial charge in [-0.05, 0) is 120 Å². The van der Waals surface area contributed by atoms with Crippen molar-refractivity contribution in [3.8, 4) is 55.6 Å². The molecule has 1 unspecified atom stereocenters. The zero-order valence-electron chi connectivity index (χ0n) is 36.6. The highest BCUT2D eigenvalue weighted by atomic mass is 15.1. The van der Waals surface area contributed by atoms with Gasteiger partial charge in [-0.1, -0.05) is 226 Å². The van der Waals surface area contributed by atoms with Gasteiger partial charge in [0, 0.05) is 22.4 Å². The topological polar surface area (TPSA) is 3.24 Å². The van der Waals surface area contributed by atoms with Gasteiger partial charge in [-0.25, -0.2) is 0 Å². The maximum absolute atomic E-state index is 2.52. The molecular formula is C64H47N. The summed E-state index contributed by atoms with van der Waals surface area (Å²) in [6.45, 7) is 4.75. The lowest BCUT2D eigenvalue weighted by Crippen LogP contribution is -2.28. The van der Waals surface area contributed by atoms with Crippen molar-refractivity contribution in [1.82, 2.24) is 0 Å². The highest BCUT2D eigenvalue weighted by Crippen LogP contribution is 2.58. The van der Waals surface area contributed by atoms with Crippen LogP contribution in [0.2, 0.25) is 0 Å². The Morgan fingerprint density at radius 2 is 0.708 bits per heavy atom. The number of hydrogen-bond acceptors (Lipinski definition) is 1. The van der Waals surface area contributed by atoms with E-state index in [1.54, 1.807) is 0 Å². The fourth-order valence-corrected chi connectivity index (χ4v) is 11.1. The van der Waals surface area contributed by atoms with Gasteiger partial charge in [0.1, 0.15) is 0 Å². The first-order valence-electron chi connectivity index (χ1n) is 22.8. The van der Waals surface area contributed by atoms with Gasteiger partial charge in [0.2, 0.25) is 0 Å². The summed E-state index contributed by atoms with van der Waals surface area (Å²) in [5.74, 6) is 0. The molecule has 0 radical (unpaired) electrons. The van der Waals surface area contributed by atoms with Gasteiger partial charge in [-0.15, -0.1) is 0 Å². The van der Waals surface area contributed by atoms with Crippen LogP contribution in [0.15, 0.2) is 249 Å². The van der Waals surface area contributed by atoms with Gasteiger partial charge in [-0.2, -0.15) is 0 Å². The maximum Gasteiger partial charge on any atom is 0.0714 e. The van der Waals surface area contributed by atoms with E-state index >= 15 is 0 Å². The Morgan fingerprint density at radius 1 is 0.277 bits per heavy atom. The van der Waals surface area contributed by atoms with Gasteiger partial charge in [0.15, 0.2) is 0 Å². The summed E-state index contributed by atoms with van der Waals surface area (Å²) in [6.07, 6.45) is 0. The van der Waals surface area contributed by atoms with E-state index < -0.39 is 5.41 Å². The fourth-order valence-electron chi connectivity index (χ4n) is 11.1. The molecular weight excluding hydrogens is 783 g/mol. The van der Waals surface area contributed by atoms with E-state index in [2.05, 4.69) is 267 Å². The Bertz CT molecular complexity index is 3370. The summed E-state index contributed by atoms with van der Waals surface area (Å²) in [5, 5.41) is 0. The molecule has 0 heterocycles. The predicted molar refractivity (Wildman–Crippen MR) is 272 cm³/mol. The average Bonchev–Trinajstić information content (AvgIpc) is 3.80. The molecule has 1 atom stereocenters. The molecule has 12 rings (SSSR count). The summed E-state index contributed by atoms with van der Waals surface area (Å²) < 4.78 is 0. The van der Waals surface area contributed by atoms with E-state index in [1.165, 1.54) is 89.0 Å². The minimum Gasteiger partial charge on any atom is -0.310 e. The van der Waals surface area contributed by atoms with Crippen LogP contribution in [-0.2, 0) is 10.8 Å². The summed E-state index contributed by atoms with van der Waals surface area (Å²) in [5.41, 5.74) is 22.7. The number of fused-ring (bicyclic) bond motifs is 6. The Kier molecular flexibility index (Phi) is 9.14. The molecule has 0 N–H and O–H groups in total. The summed E-state index contributed by atoms with van der Waals surface area (Å²) in [7, 11) is 0. The normalized spacial score (nSPS) is 15.1. The van der Waals surface area contributed by atoms with Crippen molar-refractivity contribution in [1.29, 1.82) is 0 Å². The van der Waals surface area contributed by atoms with E-state index in [-0.39, 0.29) is 5.41 Å². The summed E-state index contributed by atoms with van der Waals surface area (Å²) in [6, 6.07) is 92.2. The van der Waals surface area contributed by atoms with E-state index in [9.17, 15) is 0 Å². The van der Waals surface area contributed by atoms with Crippen LogP contribution in [0.3, 0.4) is 0 Å². The van der Waals surface area contributed by atoms with E-state index in [4.69, 9.17) is 0 Å². The van der Waals surface area contributed by atoms with Crippen molar-refractivity contribution in [2.45, 2.75) is 24.7 Å². The Hall–Kier alpha value is -8.00. The molecule has 1 nitrogen and oxygen atoms in total. The van der Waals surface area contributed by atoms with Crippen molar-refractivity contribution >= 4 is 17.1 Å². The maximum atomic E-state index is 2.52. The van der Waals surface area contributed by atoms with Crippen LogP contribution in [0.5, 0.6) is 0 Å². The Morgan fingerprint density at radius 3 is 1.34 bits per heavy atom. The SMILES string of the molecule is CC1(C)c2ccccc2-c2ccc(N(c3ccc4c(c3)C(c3ccccc3)(c3ccc(-c5ccccc5)cc3)c3ccccc3-4)c3ccc(-c4ccccc4)cc3-c3ccccc3)cc21. The average molecular weight is 830 g/mol. The van der Waals surface area contributed by atoms with Gasteiger partial charge in [0.25, 0.3) is 0 Å². The first-order valence-corrected chi connectivity index (χ1v) is 22.8. The van der Waals surface area contributed by atoms with Crippen LogP contribution in [0.1, 0.15) is 47.2 Å². The quantitative estimate of drug-likeness (QED) is 0.147. The van der Waals surface area contributed by atoms with Crippen molar-refractivity contribution in [2.24, 2.45) is 0 Å². The minimum atomic E-state index is -0.578. The molecule has 0 saturated carbocycles. The van der Waals surface area contributed by atoms with E-state index in [0.717, 1.165) is 17.1 Å². The molecule has 0 aliphatic heterocycles. The van der Waals surface area contributed by atoms with E-state index in [0.29, 0.717) is 0 Å². The second kappa shape index (κ2) is 15.4. The van der Waals surface area contributed by atoms with Crippen LogP contribution < -0.4 is 4.90 Å². The molecule has 2 aliphatic carbocycles. The van der Waals surface area contributed by atoms with Crippen molar-refractivity contribution in [3.05, 3.63) is 282 Å². The largest absolute Gasteiger partial charge is 0.310 e. The lowest BCUT2D eigenvalue weighted by atomic mass is 9.67. The summed E-state index contributed by atoms with van der Waals surface area (Å²) in [4.78, 5) is 2.52. The van der Waals surface area contributed by atoms with Crippen LogP contribution in [-0.4, -0.2) is 0 Å². The first kappa shape index (κ1) is 38.7. The number of rotatable bonds is 8. The third-order valence-corrected chi connectivity index (χ3v) is 14.2. The molecule has 0 bridgehead atoms. The number of hydrogen-bond donors (Lipinski definition) is 0. The Labute approximate surface area is 382 Å². The molecule has 0 spiro atoms. The van der Waals surface area contributed by atoms with Gasteiger partial charge >= 0.3 is 0 Å². The number of anilines is 3. The molecule has 10 aromatic carbocycles. The third-order valence-electron chi connectivity index (χ3n) is 14.2. The van der Waals surface area contributed by atoms with Crippen LogP contribution in [0.4, 0.5) is 17.1 Å². The van der Waals surface area contributed by atoms with Crippen molar-refractivity contribution in [2.75, 3.05) is 4.90 Å². The smallest absolute Gasteiger partial charge is 0.0714 e. The summed E-state index contributed by atoms with van der Waals surface area (Å²) >= 11 is 0. The molecule has 2 aliphatic rings. The lowest BCUT2D eigenvalue weighted by molar-refractivity contribution is 0.660. The van der Waals surface area contributed by atoms with E-state index in [1.807, 2.05) is 0 Å². The van der Waals surface area contributed by atoms with Crippen LogP contribution in [0.25, 0.3) is 55.6 Å². The molecule has 0 amide bonds. The second-order valence-electron chi connectivity index (χ2n) is 18.0. The van der Waals surface area contributed by atoms with Crippen LogP contribution in [0, 0.1) is 0 Å². The van der Waals surface area contributed by atoms with Crippen LogP contribution >= 0.6 is 0 Å². The van der Waals surface area contributed by atoms with Crippen molar-refractivity contribution in [3.63, 3.8) is 0 Å². The molecule has 308 valence electrons. The number of nitrogens with zero attached hydrogens (tertiary/aromatic N) is 1. The zero-order chi connectivity index (χ0) is 43.5. The van der Waals surface area contributed by atoms with Gasteiger partial charge in [0.05, 0.1) is 11.1 Å². The second-order valence-corrected chi connectivity index (χ2v) is 18.0. The monoisotopic (exact) mass is 829 g/mol. The highest BCUT2D eigenvalue weighted by Gasteiger charge is 2.46. The standard InChI is InChI=1S/C64H47N/c1-63(2)58-29-17-15-27-53(58)55-38-36-51(42-60(55)63)65(62-40-33-48(45-21-9-4-10-22-45)41-57(62)47-23-11-5-12-24-47)52-37-39-56-54-28-16-18-30-59(54)64(61(56)43-52,49-25-13-6-14-26-49)50-34-31-46(32-35-50)44-19-7-3-8-20-44/h3-43H,1-2H3. The first-order chi connectivity index (χ1) is 32.0.